The van der Waals surface area contributed by atoms with Gasteiger partial charge in [0.1, 0.15) is 10.5 Å². The molecule has 0 aliphatic rings. The van der Waals surface area contributed by atoms with E-state index in [2.05, 4.69) is 9.97 Å². The first-order valence-electron chi connectivity index (χ1n) is 9.24. The van der Waals surface area contributed by atoms with Crippen LogP contribution in [0.2, 0.25) is 5.02 Å². The summed E-state index contributed by atoms with van der Waals surface area (Å²) in [5.74, 6) is -1.21. The van der Waals surface area contributed by atoms with Gasteiger partial charge in [0, 0.05) is 27.4 Å². The Morgan fingerprint density at radius 3 is 2.72 bits per heavy atom. The van der Waals surface area contributed by atoms with E-state index in [0.717, 1.165) is 22.0 Å². The number of thiophene rings is 1. The third-order valence-electron chi connectivity index (χ3n) is 5.03. The van der Waals surface area contributed by atoms with Gasteiger partial charge in [0.2, 0.25) is 0 Å². The van der Waals surface area contributed by atoms with Crippen LogP contribution in [-0.2, 0) is 0 Å². The average Bonchev–Trinajstić information content (AvgIpc) is 3.18. The number of aromatic amines is 1. The molecule has 0 unspecified atom stereocenters. The minimum atomic E-state index is -0.743. The molecule has 0 fully saturated rings. The number of methoxy groups -OCH3 is 1. The molecule has 0 aliphatic heterocycles. The van der Waals surface area contributed by atoms with Gasteiger partial charge in [-0.2, -0.15) is 0 Å². The van der Waals surface area contributed by atoms with Crippen LogP contribution in [0.1, 0.15) is 0 Å². The predicted molar refractivity (Wildman–Crippen MR) is 120 cm³/mol. The van der Waals surface area contributed by atoms with Crippen LogP contribution in [0, 0.1) is 11.6 Å². The number of hydrogen-bond donors (Lipinski definition) is 1. The van der Waals surface area contributed by atoms with Crippen molar-refractivity contribution >= 4 is 43.9 Å². The van der Waals surface area contributed by atoms with Gasteiger partial charge in [0.25, 0.3) is 5.56 Å². The lowest BCUT2D eigenvalue weighted by atomic mass is 10.1. The second-order valence-electron chi connectivity index (χ2n) is 6.89. The van der Waals surface area contributed by atoms with Crippen LogP contribution in [-0.4, -0.2) is 21.6 Å². The van der Waals surface area contributed by atoms with Gasteiger partial charge in [-0.15, -0.1) is 11.3 Å². The average molecular weight is 472 g/mol. The van der Waals surface area contributed by atoms with Crippen molar-refractivity contribution in [2.45, 2.75) is 0 Å². The summed E-state index contributed by atoms with van der Waals surface area (Å²) >= 11 is 7.27. The van der Waals surface area contributed by atoms with E-state index in [-0.39, 0.29) is 32.1 Å². The molecule has 3 heterocycles. The molecule has 3 aromatic heterocycles. The summed E-state index contributed by atoms with van der Waals surface area (Å²) in [6, 6.07) is 8.52. The van der Waals surface area contributed by atoms with E-state index in [4.69, 9.17) is 16.3 Å². The molecule has 0 atom stereocenters. The minimum absolute atomic E-state index is 0.00920. The Kier molecular flexibility index (Phi) is 4.79. The summed E-state index contributed by atoms with van der Waals surface area (Å²) < 4.78 is 34.6. The molecule has 1 N–H and O–H groups in total. The van der Waals surface area contributed by atoms with Crippen LogP contribution in [0.5, 0.6) is 5.75 Å². The molecule has 0 saturated carbocycles. The van der Waals surface area contributed by atoms with E-state index >= 15 is 0 Å². The molecule has 32 heavy (non-hydrogen) atoms. The zero-order chi connectivity index (χ0) is 22.6. The fourth-order valence-electron chi connectivity index (χ4n) is 3.57. The van der Waals surface area contributed by atoms with Crippen molar-refractivity contribution in [1.82, 2.24) is 14.5 Å². The summed E-state index contributed by atoms with van der Waals surface area (Å²) in [5.41, 5.74) is -0.625. The monoisotopic (exact) mass is 471 g/mol. The first-order valence-corrected chi connectivity index (χ1v) is 10.4. The molecule has 160 valence electrons. The van der Waals surface area contributed by atoms with Crippen LogP contribution in [0.15, 0.2) is 58.4 Å². The van der Waals surface area contributed by atoms with Gasteiger partial charge in [-0.1, -0.05) is 23.7 Å². The minimum Gasteiger partial charge on any atom is -0.494 e. The molecule has 0 saturated heterocycles. The molecular formula is C22H12ClF2N3O3S. The van der Waals surface area contributed by atoms with Gasteiger partial charge in [-0.05, 0) is 24.3 Å². The normalized spacial score (nSPS) is 11.4. The highest BCUT2D eigenvalue weighted by molar-refractivity contribution is 7.22. The lowest BCUT2D eigenvalue weighted by molar-refractivity contribution is 0.387. The molecule has 10 heteroatoms. The molecule has 0 spiro atoms. The summed E-state index contributed by atoms with van der Waals surface area (Å²) in [6.07, 6.45) is 2.72. The Morgan fingerprint density at radius 1 is 1.12 bits per heavy atom. The topological polar surface area (TPSA) is 77.0 Å². The van der Waals surface area contributed by atoms with Crippen LogP contribution >= 0.6 is 22.9 Å². The van der Waals surface area contributed by atoms with Gasteiger partial charge in [0.15, 0.2) is 11.6 Å². The van der Waals surface area contributed by atoms with Gasteiger partial charge in [0.05, 0.1) is 29.5 Å². The quantitative estimate of drug-likeness (QED) is 0.406. The second-order valence-corrected chi connectivity index (χ2v) is 8.35. The number of ether oxygens (including phenoxy) is 1. The molecule has 5 aromatic rings. The first-order chi connectivity index (χ1) is 15.4. The van der Waals surface area contributed by atoms with E-state index in [1.165, 1.54) is 37.7 Å². The van der Waals surface area contributed by atoms with Crippen molar-refractivity contribution in [2.75, 3.05) is 7.11 Å². The third kappa shape index (κ3) is 3.09. The summed E-state index contributed by atoms with van der Waals surface area (Å²) in [4.78, 5) is 33.3. The van der Waals surface area contributed by atoms with E-state index in [1.54, 1.807) is 12.1 Å². The molecule has 5 rings (SSSR count). The molecule has 0 bridgehead atoms. The van der Waals surface area contributed by atoms with Crippen molar-refractivity contribution in [3.05, 3.63) is 86.3 Å². The molecule has 0 aliphatic carbocycles. The SMILES string of the molecule is COc1cc(-c2cc3[nH]c(=O)n(-c4cncc5cccc(F)c45)c(=O)c3s2)c(Cl)cc1F. The van der Waals surface area contributed by atoms with Gasteiger partial charge < -0.3 is 9.72 Å². The van der Waals surface area contributed by atoms with Crippen molar-refractivity contribution in [3.63, 3.8) is 0 Å². The van der Waals surface area contributed by atoms with E-state index in [1.807, 2.05) is 0 Å². The maximum atomic E-state index is 14.6. The predicted octanol–water partition coefficient (Wildman–Crippen LogP) is 4.90. The maximum Gasteiger partial charge on any atom is 0.333 e. The van der Waals surface area contributed by atoms with Crippen molar-refractivity contribution in [2.24, 2.45) is 0 Å². The van der Waals surface area contributed by atoms with Crippen LogP contribution < -0.4 is 16.0 Å². The van der Waals surface area contributed by atoms with Crippen LogP contribution in [0.25, 0.3) is 37.1 Å². The largest absolute Gasteiger partial charge is 0.494 e. The number of H-pyrrole nitrogens is 1. The summed E-state index contributed by atoms with van der Waals surface area (Å²) in [5, 5.41) is 0.682. The number of nitrogens with one attached hydrogen (secondary N) is 1. The zero-order valence-electron chi connectivity index (χ0n) is 16.3. The molecule has 6 nitrogen and oxygen atoms in total. The zero-order valence-corrected chi connectivity index (χ0v) is 17.9. The molecular weight excluding hydrogens is 460 g/mol. The Balaban J connectivity index is 1.78. The maximum absolute atomic E-state index is 14.6. The fourth-order valence-corrected chi connectivity index (χ4v) is 4.96. The summed E-state index contributed by atoms with van der Waals surface area (Å²) in [6.45, 7) is 0. The van der Waals surface area contributed by atoms with E-state index in [9.17, 15) is 18.4 Å². The Morgan fingerprint density at radius 2 is 1.94 bits per heavy atom. The highest BCUT2D eigenvalue weighted by Crippen LogP contribution is 2.38. The number of rotatable bonds is 3. The number of pyridine rings is 1. The highest BCUT2D eigenvalue weighted by atomic mass is 35.5. The van der Waals surface area contributed by atoms with Crippen LogP contribution in [0.4, 0.5) is 8.78 Å². The number of benzene rings is 2. The van der Waals surface area contributed by atoms with Gasteiger partial charge in [-0.3, -0.25) is 9.78 Å². The summed E-state index contributed by atoms with van der Waals surface area (Å²) in [7, 11) is 1.33. The molecule has 0 amide bonds. The number of hydrogen-bond acceptors (Lipinski definition) is 5. The van der Waals surface area contributed by atoms with E-state index in [0.29, 0.717) is 15.8 Å². The Bertz CT molecular complexity index is 1650. The standard InChI is InChI=1S/C22H12ClF2N3O3S/c1-31-17-5-11(12(23)6-14(17)25)18-7-15-20(32-18)21(29)28(22(30)27-15)16-9-26-8-10-3-2-4-13(24)19(10)16/h2-9H,1H3,(H,27,30). The van der Waals surface area contributed by atoms with Gasteiger partial charge in [-0.25, -0.2) is 18.1 Å². The second kappa shape index (κ2) is 7.54. The van der Waals surface area contributed by atoms with Gasteiger partial charge >= 0.3 is 5.69 Å². The lowest BCUT2D eigenvalue weighted by Gasteiger charge is -2.08. The molecule has 0 radical (unpaired) electrons. The first kappa shape index (κ1) is 20.3. The van der Waals surface area contributed by atoms with Crippen LogP contribution in [0.3, 0.4) is 0 Å². The smallest absolute Gasteiger partial charge is 0.333 e. The number of aromatic nitrogens is 3. The fraction of sp³-hybridized carbons (Fsp3) is 0.0455. The molecule has 2 aromatic carbocycles. The van der Waals surface area contributed by atoms with E-state index < -0.39 is 22.9 Å². The highest BCUT2D eigenvalue weighted by Gasteiger charge is 2.19. The number of nitrogens with zero attached hydrogens (tertiary/aromatic N) is 2. The Labute approximate surface area is 187 Å². The lowest BCUT2D eigenvalue weighted by Crippen LogP contribution is -2.33. The number of halogens is 3. The van der Waals surface area contributed by atoms with Crippen molar-refractivity contribution in [3.8, 4) is 21.9 Å². The third-order valence-corrected chi connectivity index (χ3v) is 6.50. The van der Waals surface area contributed by atoms with Crippen molar-refractivity contribution in [1.29, 1.82) is 0 Å². The van der Waals surface area contributed by atoms with Crippen molar-refractivity contribution < 1.29 is 13.5 Å². The number of fused-ring (bicyclic) bond motifs is 2. The Hall–Kier alpha value is -3.56.